The predicted molar refractivity (Wildman–Crippen MR) is 129 cm³/mol. The van der Waals surface area contributed by atoms with Crippen molar-refractivity contribution in [1.82, 2.24) is 15.3 Å². The number of nitrogens with one attached hydrogen (secondary N) is 1. The van der Waals surface area contributed by atoms with Crippen LogP contribution in [0.2, 0.25) is 5.15 Å². The van der Waals surface area contributed by atoms with Crippen molar-refractivity contribution < 1.29 is 23.7 Å². The third kappa shape index (κ3) is 5.39. The summed E-state index contributed by atoms with van der Waals surface area (Å²) in [6.07, 6.45) is 1.74. The Morgan fingerprint density at radius 3 is 2.38 bits per heavy atom. The van der Waals surface area contributed by atoms with E-state index in [2.05, 4.69) is 20.1 Å². The lowest BCUT2D eigenvalue weighted by molar-refractivity contribution is 0.0932. The SMILES string of the molecule is COc1cc(C(=O)NC2CCCN(c3nc(Cl)cc(N4CCOCC4)n3)C2)cc(OC)c1OC. The molecule has 2 aliphatic heterocycles. The lowest BCUT2D eigenvalue weighted by atomic mass is 10.0. The second-order valence-electron chi connectivity index (χ2n) is 8.12. The molecule has 3 heterocycles. The van der Waals surface area contributed by atoms with Crippen LogP contribution in [0, 0.1) is 0 Å². The van der Waals surface area contributed by atoms with Gasteiger partial charge in [-0.25, -0.2) is 4.98 Å². The summed E-state index contributed by atoms with van der Waals surface area (Å²) in [5.41, 5.74) is 0.431. The summed E-state index contributed by atoms with van der Waals surface area (Å²) in [7, 11) is 4.57. The number of amides is 1. The van der Waals surface area contributed by atoms with Gasteiger partial charge in [-0.05, 0) is 25.0 Å². The van der Waals surface area contributed by atoms with E-state index in [0.29, 0.717) is 53.7 Å². The molecule has 1 atom stereocenters. The highest BCUT2D eigenvalue weighted by Gasteiger charge is 2.26. The van der Waals surface area contributed by atoms with Crippen LogP contribution in [0.15, 0.2) is 18.2 Å². The van der Waals surface area contributed by atoms with Crippen LogP contribution in [0.4, 0.5) is 11.8 Å². The average molecular weight is 492 g/mol. The van der Waals surface area contributed by atoms with Crippen molar-refractivity contribution in [1.29, 1.82) is 0 Å². The first-order valence-electron chi connectivity index (χ1n) is 11.3. The normalized spacial score (nSPS) is 18.4. The molecule has 4 rings (SSSR count). The number of ether oxygens (including phenoxy) is 4. The molecule has 0 bridgehead atoms. The van der Waals surface area contributed by atoms with Gasteiger partial charge in [0.15, 0.2) is 11.5 Å². The monoisotopic (exact) mass is 491 g/mol. The lowest BCUT2D eigenvalue weighted by Crippen LogP contribution is -2.48. The Morgan fingerprint density at radius 2 is 1.74 bits per heavy atom. The Balaban J connectivity index is 1.47. The van der Waals surface area contributed by atoms with E-state index in [9.17, 15) is 4.79 Å². The van der Waals surface area contributed by atoms with Crippen LogP contribution in [0.5, 0.6) is 17.2 Å². The van der Waals surface area contributed by atoms with E-state index in [1.54, 1.807) is 18.2 Å². The zero-order chi connectivity index (χ0) is 24.1. The fraction of sp³-hybridized carbons (Fsp3) is 0.522. The van der Waals surface area contributed by atoms with E-state index in [1.807, 2.05) is 0 Å². The summed E-state index contributed by atoms with van der Waals surface area (Å²) in [6, 6.07) is 5.00. The second-order valence-corrected chi connectivity index (χ2v) is 8.51. The predicted octanol–water partition coefficient (Wildman–Crippen LogP) is 2.39. The number of carbonyl (C=O) groups excluding carboxylic acids is 1. The minimum absolute atomic E-state index is 0.0743. The van der Waals surface area contributed by atoms with Gasteiger partial charge in [-0.15, -0.1) is 0 Å². The molecular weight excluding hydrogens is 462 g/mol. The van der Waals surface area contributed by atoms with Crippen LogP contribution in [-0.2, 0) is 4.74 Å². The Hall–Kier alpha value is -2.98. The van der Waals surface area contributed by atoms with Gasteiger partial charge in [-0.2, -0.15) is 4.98 Å². The summed E-state index contributed by atoms with van der Waals surface area (Å²) >= 11 is 6.33. The van der Waals surface area contributed by atoms with Gasteiger partial charge < -0.3 is 34.1 Å². The van der Waals surface area contributed by atoms with Gasteiger partial charge in [0, 0.05) is 43.9 Å². The van der Waals surface area contributed by atoms with E-state index < -0.39 is 0 Å². The van der Waals surface area contributed by atoms with Crippen LogP contribution in [0.1, 0.15) is 23.2 Å². The summed E-state index contributed by atoms with van der Waals surface area (Å²) < 4.78 is 21.5. The van der Waals surface area contributed by atoms with Crippen LogP contribution >= 0.6 is 11.6 Å². The van der Waals surface area contributed by atoms with E-state index in [0.717, 1.165) is 38.3 Å². The number of piperidine rings is 1. The fourth-order valence-corrected chi connectivity index (χ4v) is 4.42. The summed E-state index contributed by atoms with van der Waals surface area (Å²) in [4.78, 5) is 26.5. The van der Waals surface area contributed by atoms with Crippen molar-refractivity contribution in [3.63, 3.8) is 0 Å². The first-order valence-corrected chi connectivity index (χ1v) is 11.6. The lowest BCUT2D eigenvalue weighted by Gasteiger charge is -2.34. The van der Waals surface area contributed by atoms with Gasteiger partial charge in [0.25, 0.3) is 5.91 Å². The Morgan fingerprint density at radius 1 is 1.03 bits per heavy atom. The minimum Gasteiger partial charge on any atom is -0.493 e. The molecule has 1 N–H and O–H groups in total. The number of hydrogen-bond donors (Lipinski definition) is 1. The molecular formula is C23H30ClN5O5. The highest BCUT2D eigenvalue weighted by atomic mass is 35.5. The number of halogens is 1. The number of carbonyl (C=O) groups is 1. The number of anilines is 2. The zero-order valence-corrected chi connectivity index (χ0v) is 20.4. The van der Waals surface area contributed by atoms with Crippen LogP contribution in [0.3, 0.4) is 0 Å². The van der Waals surface area contributed by atoms with Gasteiger partial charge in [0.2, 0.25) is 11.7 Å². The van der Waals surface area contributed by atoms with Crippen LogP contribution in [0.25, 0.3) is 0 Å². The van der Waals surface area contributed by atoms with E-state index in [1.165, 1.54) is 21.3 Å². The number of nitrogens with zero attached hydrogens (tertiary/aromatic N) is 4. The molecule has 0 aliphatic carbocycles. The minimum atomic E-state index is -0.216. The largest absolute Gasteiger partial charge is 0.493 e. The molecule has 1 aromatic carbocycles. The summed E-state index contributed by atoms with van der Waals surface area (Å²) in [5.74, 6) is 2.45. The van der Waals surface area contributed by atoms with Crippen molar-refractivity contribution in [2.24, 2.45) is 0 Å². The number of aromatic nitrogens is 2. The van der Waals surface area contributed by atoms with Gasteiger partial charge in [0.1, 0.15) is 11.0 Å². The van der Waals surface area contributed by atoms with Crippen LogP contribution in [-0.4, -0.2) is 82.6 Å². The van der Waals surface area contributed by atoms with E-state index in [4.69, 9.17) is 35.5 Å². The van der Waals surface area contributed by atoms with Crippen molar-refractivity contribution in [2.45, 2.75) is 18.9 Å². The van der Waals surface area contributed by atoms with Crippen molar-refractivity contribution in [3.8, 4) is 17.2 Å². The molecule has 184 valence electrons. The van der Waals surface area contributed by atoms with Gasteiger partial charge in [0.05, 0.1) is 34.5 Å². The summed E-state index contributed by atoms with van der Waals surface area (Å²) in [5, 5.41) is 3.52. The van der Waals surface area contributed by atoms with E-state index >= 15 is 0 Å². The van der Waals surface area contributed by atoms with Gasteiger partial charge >= 0.3 is 0 Å². The smallest absolute Gasteiger partial charge is 0.251 e. The Labute approximate surface area is 204 Å². The number of hydrogen-bond acceptors (Lipinski definition) is 9. The first kappa shape index (κ1) is 24.2. The second kappa shape index (κ2) is 11.0. The molecule has 1 unspecified atom stereocenters. The third-order valence-corrected chi connectivity index (χ3v) is 6.16. The molecule has 10 nitrogen and oxygen atoms in total. The molecule has 2 aliphatic rings. The Kier molecular flexibility index (Phi) is 7.79. The number of rotatable bonds is 7. The third-order valence-electron chi connectivity index (χ3n) is 5.97. The highest BCUT2D eigenvalue weighted by molar-refractivity contribution is 6.29. The Bertz CT molecular complexity index is 992. The van der Waals surface area contributed by atoms with Crippen molar-refractivity contribution in [2.75, 3.05) is 70.5 Å². The molecule has 2 saturated heterocycles. The quantitative estimate of drug-likeness (QED) is 0.585. The topological polar surface area (TPSA) is 98.3 Å². The van der Waals surface area contributed by atoms with Crippen molar-refractivity contribution >= 4 is 29.3 Å². The number of benzene rings is 1. The molecule has 0 radical (unpaired) electrons. The molecule has 0 saturated carbocycles. The molecule has 2 fully saturated rings. The molecule has 0 spiro atoms. The van der Waals surface area contributed by atoms with Crippen LogP contribution < -0.4 is 29.3 Å². The molecule has 1 aromatic heterocycles. The summed E-state index contributed by atoms with van der Waals surface area (Å²) in [6.45, 7) is 4.23. The molecule has 11 heteroatoms. The maximum Gasteiger partial charge on any atom is 0.251 e. The van der Waals surface area contributed by atoms with Gasteiger partial charge in [-0.3, -0.25) is 4.79 Å². The average Bonchev–Trinajstić information content (AvgIpc) is 2.88. The van der Waals surface area contributed by atoms with Crippen molar-refractivity contribution in [3.05, 3.63) is 28.9 Å². The van der Waals surface area contributed by atoms with E-state index in [-0.39, 0.29) is 11.9 Å². The maximum absolute atomic E-state index is 13.1. The highest BCUT2D eigenvalue weighted by Crippen LogP contribution is 2.38. The standard InChI is InChI=1S/C23H30ClN5O5/c1-31-17-11-15(12-18(32-2)21(17)33-3)22(30)25-16-5-4-6-29(14-16)23-26-19(24)13-20(27-23)28-7-9-34-10-8-28/h11-13,16H,4-10,14H2,1-3H3,(H,25,30). The molecule has 34 heavy (non-hydrogen) atoms. The van der Waals surface area contributed by atoms with Gasteiger partial charge in [-0.1, -0.05) is 11.6 Å². The first-order chi connectivity index (χ1) is 16.5. The fourth-order valence-electron chi connectivity index (χ4n) is 4.25. The number of methoxy groups -OCH3 is 3. The zero-order valence-electron chi connectivity index (χ0n) is 19.7. The maximum atomic E-state index is 13.1. The molecule has 2 aromatic rings. The molecule has 1 amide bonds. The number of morpholine rings is 1.